The predicted molar refractivity (Wildman–Crippen MR) is 297 cm³/mol. The molecule has 328 valence electrons. The summed E-state index contributed by atoms with van der Waals surface area (Å²) < 4.78 is 2.49. The molecule has 0 bridgehead atoms. The van der Waals surface area contributed by atoms with E-state index in [4.69, 9.17) is 0 Å². The first kappa shape index (κ1) is 41.0. The van der Waals surface area contributed by atoms with Gasteiger partial charge in [-0.25, -0.2) is 0 Å². The highest BCUT2D eigenvalue weighted by Gasteiger charge is 2.20. The molecule has 0 aliphatic carbocycles. The summed E-state index contributed by atoms with van der Waals surface area (Å²) in [6.07, 6.45) is 0. The van der Waals surface area contributed by atoms with E-state index in [0.717, 1.165) is 17.1 Å². The summed E-state index contributed by atoms with van der Waals surface area (Å²) in [5.74, 6) is 0. The van der Waals surface area contributed by atoms with Crippen LogP contribution >= 0.6 is 0 Å². The van der Waals surface area contributed by atoms with Crippen LogP contribution in [-0.4, -0.2) is 4.40 Å². The smallest absolute Gasteiger partial charge is 0.0625 e. The number of hydrogen-bond acceptors (Lipinski definition) is 1. The van der Waals surface area contributed by atoms with Crippen molar-refractivity contribution in [3.05, 3.63) is 279 Å². The van der Waals surface area contributed by atoms with Crippen LogP contribution in [0.1, 0.15) is 0 Å². The zero-order valence-corrected chi connectivity index (χ0v) is 38.5. The lowest BCUT2D eigenvalue weighted by molar-refractivity contribution is 1.28. The molecule has 2 nitrogen and oxygen atoms in total. The van der Waals surface area contributed by atoms with Crippen molar-refractivity contribution in [2.75, 3.05) is 4.90 Å². The van der Waals surface area contributed by atoms with Crippen LogP contribution in [0.25, 0.3) is 105 Å². The Morgan fingerprint density at radius 2 is 0.657 bits per heavy atom. The molecule has 2 aromatic heterocycles. The van der Waals surface area contributed by atoms with Crippen molar-refractivity contribution in [1.82, 2.24) is 4.40 Å². The molecule has 0 amide bonds. The van der Waals surface area contributed by atoms with E-state index < -0.39 is 0 Å². The summed E-state index contributed by atoms with van der Waals surface area (Å²) in [7, 11) is 0. The minimum absolute atomic E-state index is 1.10. The van der Waals surface area contributed by atoms with Crippen molar-refractivity contribution in [2.24, 2.45) is 0 Å². The summed E-state index contributed by atoms with van der Waals surface area (Å²) in [6, 6.07) is 101. The number of hydrogen-bond donors (Lipinski definition) is 0. The monoisotopic (exact) mass is 890 g/mol. The van der Waals surface area contributed by atoms with Crippen LogP contribution in [0.5, 0.6) is 0 Å². The summed E-state index contributed by atoms with van der Waals surface area (Å²) in [5.41, 5.74) is 21.4. The van der Waals surface area contributed by atoms with Crippen LogP contribution in [0.4, 0.5) is 17.1 Å². The number of fused-ring (bicyclic) bond motifs is 8. The molecular formula is C68H46N2. The second-order valence-electron chi connectivity index (χ2n) is 18.1. The standard InChI is InChI=1S/C68H46N2/c1-4-17-51(18-5-1)59-25-10-11-26-60(59)52-39-42-57(43-40-52)69(56-22-8-3-9-23-56)58-24-16-21-54(45-58)49-35-31-47(32-36-49)48-33-37-50(38-34-48)55-41-44-62-61-27-12-13-28-63(61)68-67(53-19-6-2-7-20-53)64-29-14-15-30-65(64)70(68)66(62)46-55/h1-46H. The molecule has 0 atom stereocenters. The largest absolute Gasteiger partial charge is 0.310 e. The first-order valence-corrected chi connectivity index (χ1v) is 24.1. The molecule has 70 heavy (non-hydrogen) atoms. The zero-order valence-electron chi connectivity index (χ0n) is 38.5. The number of pyridine rings is 1. The molecule has 11 aromatic carbocycles. The van der Waals surface area contributed by atoms with Gasteiger partial charge in [0.15, 0.2) is 0 Å². The van der Waals surface area contributed by atoms with Crippen LogP contribution in [0.3, 0.4) is 0 Å². The van der Waals surface area contributed by atoms with E-state index in [1.807, 2.05) is 0 Å². The molecule has 0 aliphatic rings. The molecule has 0 saturated carbocycles. The summed E-state index contributed by atoms with van der Waals surface area (Å²) in [5, 5.41) is 5.04. The van der Waals surface area contributed by atoms with Gasteiger partial charge in [0, 0.05) is 38.8 Å². The molecule has 0 aliphatic heterocycles. The van der Waals surface area contributed by atoms with Gasteiger partial charge in [0.25, 0.3) is 0 Å². The Morgan fingerprint density at radius 3 is 1.30 bits per heavy atom. The van der Waals surface area contributed by atoms with E-state index in [0.29, 0.717) is 0 Å². The topological polar surface area (TPSA) is 7.65 Å². The van der Waals surface area contributed by atoms with Crippen molar-refractivity contribution in [3.8, 4) is 66.8 Å². The minimum Gasteiger partial charge on any atom is -0.310 e. The quantitative estimate of drug-likeness (QED) is 0.131. The Hall–Kier alpha value is -9.24. The SMILES string of the molecule is c1ccc(-c2ccccc2-c2ccc(N(c3ccccc3)c3cccc(-c4ccc(-c5ccc(-c6ccc7c8ccccc8c8c(-c9ccccc9)c9ccccc9n8c7c6)cc5)cc4)c3)cc2)cc1. The molecule has 2 heterocycles. The number of benzene rings is 11. The fraction of sp³-hybridized carbons (Fsp3) is 0. The van der Waals surface area contributed by atoms with E-state index >= 15 is 0 Å². The zero-order chi connectivity index (χ0) is 46.4. The van der Waals surface area contributed by atoms with Crippen molar-refractivity contribution in [3.63, 3.8) is 0 Å². The molecule has 13 rings (SSSR count). The van der Waals surface area contributed by atoms with Crippen molar-refractivity contribution in [2.45, 2.75) is 0 Å². The highest BCUT2D eigenvalue weighted by atomic mass is 15.1. The molecule has 0 N–H and O–H groups in total. The van der Waals surface area contributed by atoms with Crippen LogP contribution < -0.4 is 4.90 Å². The minimum atomic E-state index is 1.10. The summed E-state index contributed by atoms with van der Waals surface area (Å²) in [4.78, 5) is 2.34. The maximum Gasteiger partial charge on any atom is 0.0625 e. The lowest BCUT2D eigenvalue weighted by atomic mass is 9.94. The van der Waals surface area contributed by atoms with Crippen molar-refractivity contribution >= 4 is 55.2 Å². The molecule has 0 fully saturated rings. The van der Waals surface area contributed by atoms with Gasteiger partial charge in [-0.1, -0.05) is 231 Å². The highest BCUT2D eigenvalue weighted by Crippen LogP contribution is 2.44. The molecule has 2 heteroatoms. The number of para-hydroxylation sites is 2. The van der Waals surface area contributed by atoms with E-state index in [-0.39, 0.29) is 0 Å². The van der Waals surface area contributed by atoms with Crippen molar-refractivity contribution < 1.29 is 0 Å². The maximum absolute atomic E-state index is 2.49. The van der Waals surface area contributed by atoms with Crippen LogP contribution in [-0.2, 0) is 0 Å². The van der Waals surface area contributed by atoms with Gasteiger partial charge in [-0.2, -0.15) is 0 Å². The van der Waals surface area contributed by atoms with Crippen LogP contribution in [0.2, 0.25) is 0 Å². The van der Waals surface area contributed by atoms with Gasteiger partial charge in [-0.05, 0) is 115 Å². The second-order valence-corrected chi connectivity index (χ2v) is 18.1. The third-order valence-corrected chi connectivity index (χ3v) is 14.0. The fourth-order valence-electron chi connectivity index (χ4n) is 10.6. The van der Waals surface area contributed by atoms with Crippen LogP contribution in [0, 0.1) is 0 Å². The van der Waals surface area contributed by atoms with Gasteiger partial charge in [-0.15, -0.1) is 0 Å². The molecule has 0 unspecified atom stereocenters. The van der Waals surface area contributed by atoms with E-state index in [1.54, 1.807) is 0 Å². The third kappa shape index (κ3) is 7.22. The van der Waals surface area contributed by atoms with Crippen molar-refractivity contribution in [1.29, 1.82) is 0 Å². The van der Waals surface area contributed by atoms with E-state index in [2.05, 4.69) is 288 Å². The number of anilines is 3. The molecule has 0 radical (unpaired) electrons. The molecule has 13 aromatic rings. The number of nitrogens with zero attached hydrogens (tertiary/aromatic N) is 2. The Labute approximate surface area is 408 Å². The van der Waals surface area contributed by atoms with Gasteiger partial charge < -0.3 is 9.30 Å². The Kier molecular flexibility index (Phi) is 10.2. The van der Waals surface area contributed by atoms with Gasteiger partial charge in [0.2, 0.25) is 0 Å². The number of rotatable bonds is 9. The van der Waals surface area contributed by atoms with Crippen LogP contribution in [0.15, 0.2) is 279 Å². The Bertz CT molecular complexity index is 4000. The molecular weight excluding hydrogens is 845 g/mol. The average Bonchev–Trinajstić information content (AvgIpc) is 3.80. The predicted octanol–water partition coefficient (Wildman–Crippen LogP) is 18.9. The normalized spacial score (nSPS) is 11.4. The summed E-state index contributed by atoms with van der Waals surface area (Å²) in [6.45, 7) is 0. The van der Waals surface area contributed by atoms with E-state index in [1.165, 1.54) is 105 Å². The number of aromatic nitrogens is 1. The molecule has 0 spiro atoms. The van der Waals surface area contributed by atoms with Gasteiger partial charge >= 0.3 is 0 Å². The fourth-order valence-corrected chi connectivity index (χ4v) is 10.6. The van der Waals surface area contributed by atoms with Gasteiger partial charge in [0.1, 0.15) is 0 Å². The Morgan fingerprint density at radius 1 is 0.229 bits per heavy atom. The summed E-state index contributed by atoms with van der Waals surface area (Å²) >= 11 is 0. The first-order valence-electron chi connectivity index (χ1n) is 24.1. The van der Waals surface area contributed by atoms with E-state index in [9.17, 15) is 0 Å². The third-order valence-electron chi connectivity index (χ3n) is 14.0. The maximum atomic E-state index is 2.49. The Balaban J connectivity index is 0.808. The lowest BCUT2D eigenvalue weighted by Gasteiger charge is -2.26. The lowest BCUT2D eigenvalue weighted by Crippen LogP contribution is -2.09. The highest BCUT2D eigenvalue weighted by molar-refractivity contribution is 6.22. The first-order chi connectivity index (χ1) is 34.7. The van der Waals surface area contributed by atoms with Gasteiger partial charge in [0.05, 0.1) is 16.6 Å². The van der Waals surface area contributed by atoms with Gasteiger partial charge in [-0.3, -0.25) is 0 Å². The second kappa shape index (κ2) is 17.4. The molecule has 0 saturated heterocycles. The average molecular weight is 891 g/mol.